The zero-order valence-corrected chi connectivity index (χ0v) is 5.08. The van der Waals surface area contributed by atoms with Gasteiger partial charge in [-0.15, -0.1) is 0 Å². The molecule has 0 rings (SSSR count). The fraction of sp³-hybridized carbons (Fsp3) is 0.500. The first kappa shape index (κ1) is 11.5. The van der Waals surface area contributed by atoms with Crippen molar-refractivity contribution in [3.05, 3.63) is 11.9 Å². The van der Waals surface area contributed by atoms with E-state index in [1.807, 2.05) is 0 Å². The Bertz CT molecular complexity index is 59.6. The maximum atomic E-state index is 10.4. The van der Waals surface area contributed by atoms with Crippen LogP contribution >= 0.6 is 11.6 Å². The molecule has 9 heavy (non-hydrogen) atoms. The van der Waals surface area contributed by atoms with E-state index in [0.717, 1.165) is 5.54 Å². The van der Waals surface area contributed by atoms with Crippen molar-refractivity contribution in [1.29, 1.82) is 0 Å². The van der Waals surface area contributed by atoms with Crippen LogP contribution < -0.4 is 0 Å². The third kappa shape index (κ3) is 33.9. The monoisotopic (exact) mass is 164 g/mol. The van der Waals surface area contributed by atoms with E-state index in [0.29, 0.717) is 0 Å². The molecule has 0 spiro atoms. The largest absolute Gasteiger partial charge is 0.266 e. The minimum Gasteiger partial charge on any atom is -0.245 e. The van der Waals surface area contributed by atoms with Crippen LogP contribution in [0.25, 0.3) is 0 Å². The van der Waals surface area contributed by atoms with Crippen LogP contribution in [0.5, 0.6) is 0 Å². The zero-order valence-electron chi connectivity index (χ0n) is 4.33. The Kier molecular flexibility index (Phi) is 13.7. The summed E-state index contributed by atoms with van der Waals surface area (Å²) in [4.78, 5) is 0. The quantitative estimate of drug-likeness (QED) is 0.523. The second-order valence-electron chi connectivity index (χ2n) is 0.797. The summed E-state index contributed by atoms with van der Waals surface area (Å²) in [5, 5.41) is 0. The second kappa shape index (κ2) is 10.7. The van der Waals surface area contributed by atoms with Crippen molar-refractivity contribution in [2.75, 3.05) is 6.67 Å². The predicted molar refractivity (Wildman–Crippen MR) is 28.1 cm³/mol. The summed E-state index contributed by atoms with van der Waals surface area (Å²) in [6, 6.07) is 0. The maximum Gasteiger partial charge on any atom is 0.266 e. The van der Waals surface area contributed by atoms with Gasteiger partial charge in [0, 0.05) is 5.54 Å². The first-order valence-corrected chi connectivity index (χ1v) is 2.32. The molecule has 0 N–H and O–H groups in total. The van der Waals surface area contributed by atoms with Crippen LogP contribution in [0.2, 0.25) is 0 Å². The van der Waals surface area contributed by atoms with Crippen molar-refractivity contribution in [1.82, 2.24) is 0 Å². The van der Waals surface area contributed by atoms with Gasteiger partial charge in [-0.05, 0) is 0 Å². The molecule has 0 fully saturated rings. The lowest BCUT2D eigenvalue weighted by molar-refractivity contribution is 0.113. The van der Waals surface area contributed by atoms with Crippen molar-refractivity contribution in [3.8, 4) is 0 Å². The summed E-state index contributed by atoms with van der Waals surface area (Å²) >= 11 is 4.63. The Morgan fingerprint density at radius 3 is 1.67 bits per heavy atom. The van der Waals surface area contributed by atoms with E-state index < -0.39 is 13.1 Å². The normalized spacial score (nSPS) is 9.56. The number of rotatable bonds is 1. The van der Waals surface area contributed by atoms with E-state index in [9.17, 15) is 17.6 Å². The molecule has 0 aromatic carbocycles. The first-order chi connectivity index (χ1) is 4.18. The van der Waals surface area contributed by atoms with Crippen molar-refractivity contribution in [2.45, 2.75) is 6.43 Å². The van der Waals surface area contributed by atoms with Gasteiger partial charge in [0.2, 0.25) is 0 Å². The standard InChI is InChI=1S/C2H2ClF.C2H3F3/c3-1-2-4;3-1-2(4)5/h1-2H;2H,1H2/b2-1+;. The number of alkyl halides is 3. The Hall–Kier alpha value is -0.250. The van der Waals surface area contributed by atoms with Crippen LogP contribution in [0.4, 0.5) is 17.6 Å². The van der Waals surface area contributed by atoms with Crippen LogP contribution in [-0.2, 0) is 0 Å². The molecule has 5 heteroatoms. The van der Waals surface area contributed by atoms with Crippen molar-refractivity contribution in [3.63, 3.8) is 0 Å². The molecule has 0 nitrogen and oxygen atoms in total. The van der Waals surface area contributed by atoms with Crippen LogP contribution in [0.3, 0.4) is 0 Å². The molecule has 56 valence electrons. The second-order valence-corrected chi connectivity index (χ2v) is 1.05. The molecule has 0 amide bonds. The fourth-order valence-electron chi connectivity index (χ4n) is 0. The van der Waals surface area contributed by atoms with E-state index in [2.05, 4.69) is 11.6 Å². The SMILES string of the molecule is F/C=C/Cl.FCC(F)F. The third-order valence-electron chi connectivity index (χ3n) is 0.164. The highest BCUT2D eigenvalue weighted by Gasteiger charge is 1.95. The van der Waals surface area contributed by atoms with E-state index >= 15 is 0 Å². The van der Waals surface area contributed by atoms with Crippen LogP contribution in [-0.4, -0.2) is 13.1 Å². The molecule has 0 aromatic rings. The Morgan fingerprint density at radius 1 is 1.44 bits per heavy atom. The van der Waals surface area contributed by atoms with Gasteiger partial charge in [0.05, 0.1) is 6.33 Å². The van der Waals surface area contributed by atoms with Gasteiger partial charge in [-0.2, -0.15) is 0 Å². The first-order valence-electron chi connectivity index (χ1n) is 1.88. The van der Waals surface area contributed by atoms with Gasteiger partial charge in [-0.25, -0.2) is 17.6 Å². The van der Waals surface area contributed by atoms with Gasteiger partial charge in [-0.3, -0.25) is 0 Å². The summed E-state index contributed by atoms with van der Waals surface area (Å²) in [5.74, 6) is 0. The minimum absolute atomic E-state index is 0.265. The smallest absolute Gasteiger partial charge is 0.245 e. The molecule has 0 atom stereocenters. The lowest BCUT2D eigenvalue weighted by Gasteiger charge is -1.78. The van der Waals surface area contributed by atoms with Crippen molar-refractivity contribution >= 4 is 11.6 Å². The molecule has 0 aromatic heterocycles. The molecule has 0 radical (unpaired) electrons. The van der Waals surface area contributed by atoms with E-state index in [-0.39, 0.29) is 6.33 Å². The molecular weight excluding hydrogens is 159 g/mol. The summed E-state index contributed by atoms with van der Waals surface area (Å²) in [6.07, 6.45) is -2.52. The van der Waals surface area contributed by atoms with Gasteiger partial charge >= 0.3 is 0 Å². The van der Waals surface area contributed by atoms with Crippen LogP contribution in [0.1, 0.15) is 0 Å². The average molecular weight is 165 g/mol. The molecule has 0 aliphatic rings. The van der Waals surface area contributed by atoms with Gasteiger partial charge < -0.3 is 0 Å². The van der Waals surface area contributed by atoms with Gasteiger partial charge in [0.15, 0.2) is 6.67 Å². The lowest BCUT2D eigenvalue weighted by Crippen LogP contribution is -1.88. The molecular formula is C4H5ClF4. The minimum atomic E-state index is -2.78. The molecule has 0 bridgehead atoms. The predicted octanol–water partition coefficient (Wildman–Crippen LogP) is 2.89. The number of halogens is 5. The number of hydrogen-bond donors (Lipinski definition) is 0. The highest BCUT2D eigenvalue weighted by atomic mass is 35.5. The Balaban J connectivity index is 0. The molecule has 0 aliphatic heterocycles. The maximum absolute atomic E-state index is 10.4. The average Bonchev–Trinajstić information content (AvgIpc) is 1.89. The molecule has 0 saturated carbocycles. The van der Waals surface area contributed by atoms with Crippen molar-refractivity contribution in [2.24, 2.45) is 0 Å². The van der Waals surface area contributed by atoms with E-state index in [1.165, 1.54) is 0 Å². The van der Waals surface area contributed by atoms with Gasteiger partial charge in [0.1, 0.15) is 0 Å². The van der Waals surface area contributed by atoms with Gasteiger partial charge in [-0.1, -0.05) is 11.6 Å². The van der Waals surface area contributed by atoms with Crippen LogP contribution in [0.15, 0.2) is 11.9 Å². The van der Waals surface area contributed by atoms with Gasteiger partial charge in [0.25, 0.3) is 6.43 Å². The topological polar surface area (TPSA) is 0 Å². The molecule has 0 unspecified atom stereocenters. The van der Waals surface area contributed by atoms with Crippen LogP contribution in [0, 0.1) is 0 Å². The molecule has 0 aliphatic carbocycles. The Labute approximate surface area is 55.1 Å². The fourth-order valence-corrected chi connectivity index (χ4v) is 0. The summed E-state index contributed by atoms with van der Waals surface area (Å²) < 4.78 is 41.6. The van der Waals surface area contributed by atoms with E-state index in [4.69, 9.17) is 0 Å². The molecule has 0 heterocycles. The Morgan fingerprint density at radius 2 is 1.67 bits per heavy atom. The highest BCUT2D eigenvalue weighted by molar-refractivity contribution is 6.25. The van der Waals surface area contributed by atoms with Crippen molar-refractivity contribution < 1.29 is 17.6 Å². The zero-order chi connectivity index (χ0) is 7.70. The summed E-state index contributed by atoms with van der Waals surface area (Å²) in [5.41, 5.74) is 0.806. The highest BCUT2D eigenvalue weighted by Crippen LogP contribution is 1.88. The number of hydrogen-bond acceptors (Lipinski definition) is 0. The third-order valence-corrected chi connectivity index (χ3v) is 0.259. The molecule has 0 saturated heterocycles. The summed E-state index contributed by atoms with van der Waals surface area (Å²) in [7, 11) is 0. The lowest BCUT2D eigenvalue weighted by atomic mass is 10.8. The van der Waals surface area contributed by atoms with E-state index in [1.54, 1.807) is 0 Å². The summed E-state index contributed by atoms with van der Waals surface area (Å²) in [6.45, 7) is -1.53.